The van der Waals surface area contributed by atoms with Gasteiger partial charge in [0.1, 0.15) is 6.29 Å². The van der Waals surface area contributed by atoms with Crippen LogP contribution in [0.5, 0.6) is 0 Å². The molecule has 4 rings (SSSR count). The van der Waals surface area contributed by atoms with E-state index in [0.29, 0.717) is 18.3 Å². The molecule has 0 aromatic rings. The van der Waals surface area contributed by atoms with Gasteiger partial charge in [0.2, 0.25) is 0 Å². The molecule has 0 spiro atoms. The van der Waals surface area contributed by atoms with Gasteiger partial charge in [-0.05, 0) is 61.5 Å². The Morgan fingerprint density at radius 2 is 1.86 bits per heavy atom. The molecule has 29 heavy (non-hydrogen) atoms. The normalized spacial score (nSPS) is 38.6. The third-order valence-corrected chi connectivity index (χ3v) is 7.26. The highest BCUT2D eigenvalue weighted by molar-refractivity contribution is 7.79. The highest BCUT2D eigenvalue weighted by Gasteiger charge is 2.59. The molecular weight excluding hydrogens is 380 g/mol. The highest BCUT2D eigenvalue weighted by atomic mass is 32.1. The van der Waals surface area contributed by atoms with Crippen molar-refractivity contribution < 1.29 is 14.7 Å². The van der Waals surface area contributed by atoms with Gasteiger partial charge in [-0.2, -0.15) is 12.6 Å². The second-order valence-corrected chi connectivity index (χ2v) is 8.22. The Labute approximate surface area is 182 Å². The third-order valence-electron chi connectivity index (χ3n) is 7.26. The maximum Gasteiger partial charge on any atom is 0.178 e. The molecule has 0 aromatic carbocycles. The summed E-state index contributed by atoms with van der Waals surface area (Å²) in [7, 11) is 0. The highest BCUT2D eigenvalue weighted by Crippen LogP contribution is 2.64. The van der Waals surface area contributed by atoms with E-state index in [2.05, 4.69) is 45.4 Å². The monoisotopic (exact) mass is 416 g/mol. The molecule has 4 aliphatic carbocycles. The van der Waals surface area contributed by atoms with Crippen LogP contribution >= 0.6 is 12.6 Å². The van der Waals surface area contributed by atoms with Gasteiger partial charge in [0.25, 0.3) is 0 Å². The lowest BCUT2D eigenvalue weighted by atomic mass is 9.47. The molecule has 0 bridgehead atoms. The fourth-order valence-electron chi connectivity index (χ4n) is 6.11. The molecule has 1 N–H and O–H groups in total. The second kappa shape index (κ2) is 10.5. The zero-order chi connectivity index (χ0) is 22.4. The van der Waals surface area contributed by atoms with Crippen LogP contribution in [0, 0.1) is 41.4 Å². The average Bonchev–Trinajstić information content (AvgIpc) is 3.08. The first-order valence-corrected chi connectivity index (χ1v) is 11.4. The minimum atomic E-state index is -0.436. The fraction of sp³-hybridized carbons (Fsp3) is 0.600. The van der Waals surface area contributed by atoms with Crippen LogP contribution in [0.2, 0.25) is 0 Å². The molecule has 6 atom stereocenters. The first-order chi connectivity index (χ1) is 13.9. The first kappa shape index (κ1) is 25.5. The summed E-state index contributed by atoms with van der Waals surface area (Å²) in [5.74, 6) is 1.04. The number of aldehydes is 1. The summed E-state index contributed by atoms with van der Waals surface area (Å²) in [5, 5.41) is 11.0. The molecule has 0 heterocycles. The molecule has 2 fully saturated rings. The third kappa shape index (κ3) is 4.18. The number of hydrogen-bond donors (Lipinski definition) is 2. The number of hydrogen-bond acceptors (Lipinski definition) is 4. The van der Waals surface area contributed by atoms with Crippen LogP contribution in [0.1, 0.15) is 53.4 Å². The summed E-state index contributed by atoms with van der Waals surface area (Å²) in [5.41, 5.74) is 1.65. The van der Waals surface area contributed by atoms with Gasteiger partial charge in [0.15, 0.2) is 5.78 Å². The number of rotatable bonds is 1. The van der Waals surface area contributed by atoms with Crippen LogP contribution in [-0.2, 0) is 9.59 Å². The number of allylic oxidation sites excluding steroid dienone is 6. The zero-order valence-corrected chi connectivity index (χ0v) is 19.3. The van der Waals surface area contributed by atoms with Gasteiger partial charge < -0.3 is 5.11 Å². The van der Waals surface area contributed by atoms with E-state index in [-0.39, 0.29) is 22.5 Å². The van der Waals surface area contributed by atoms with Crippen LogP contribution in [0.3, 0.4) is 0 Å². The summed E-state index contributed by atoms with van der Waals surface area (Å²) in [6.45, 7) is 8.33. The Bertz CT molecular complexity index is 717. The van der Waals surface area contributed by atoms with E-state index in [1.807, 2.05) is 19.9 Å². The maximum atomic E-state index is 11.7. The van der Waals surface area contributed by atoms with E-state index in [1.165, 1.54) is 5.57 Å². The molecule has 4 aliphatic rings. The number of carbonyl (C=O) groups excluding carboxylic acids is 2. The molecule has 0 radical (unpaired) electrons. The van der Waals surface area contributed by atoms with E-state index >= 15 is 0 Å². The average molecular weight is 417 g/mol. The van der Waals surface area contributed by atoms with E-state index in [1.54, 1.807) is 18.4 Å². The van der Waals surface area contributed by atoms with Crippen molar-refractivity contribution in [3.05, 3.63) is 35.5 Å². The number of terminal acetylenes is 1. The van der Waals surface area contributed by atoms with Gasteiger partial charge in [-0.25, -0.2) is 0 Å². The van der Waals surface area contributed by atoms with Gasteiger partial charge in [-0.1, -0.05) is 45.4 Å². The summed E-state index contributed by atoms with van der Waals surface area (Å²) in [4.78, 5) is 23.2. The van der Waals surface area contributed by atoms with Crippen molar-refractivity contribution in [2.24, 2.45) is 28.6 Å². The minimum absolute atomic E-state index is 0.0665. The van der Waals surface area contributed by atoms with Crippen molar-refractivity contribution in [2.45, 2.75) is 59.5 Å². The largest absolute Gasteiger partial charge is 0.393 e. The summed E-state index contributed by atoms with van der Waals surface area (Å²) in [6.07, 6.45) is 21.3. The number of thiol groups is 1. The number of fused-ring (bicyclic) bond motifs is 5. The molecule has 0 aromatic heterocycles. The van der Waals surface area contributed by atoms with Crippen LogP contribution in [0.15, 0.2) is 35.5 Å². The van der Waals surface area contributed by atoms with Crippen LogP contribution in [0.4, 0.5) is 0 Å². The van der Waals surface area contributed by atoms with Crippen molar-refractivity contribution in [3.63, 3.8) is 0 Å². The lowest BCUT2D eigenvalue weighted by Crippen LogP contribution is -2.55. The lowest BCUT2D eigenvalue weighted by molar-refractivity contribution is -0.115. The zero-order valence-electron chi connectivity index (χ0n) is 18.4. The predicted octanol–water partition coefficient (Wildman–Crippen LogP) is 4.82. The summed E-state index contributed by atoms with van der Waals surface area (Å²) < 4.78 is 0. The Balaban J connectivity index is 0.000000644. The number of carbonyl (C=O) groups is 2. The van der Waals surface area contributed by atoms with Crippen molar-refractivity contribution in [3.8, 4) is 12.8 Å². The molecule has 3 unspecified atom stereocenters. The first-order valence-electron chi connectivity index (χ1n) is 10.5. The summed E-state index contributed by atoms with van der Waals surface area (Å²) >= 11 is 3.53. The Kier molecular flexibility index (Phi) is 9.18. The quantitative estimate of drug-likeness (QED) is 0.366. The van der Waals surface area contributed by atoms with E-state index in [4.69, 9.17) is 0 Å². The van der Waals surface area contributed by atoms with Gasteiger partial charge in [-0.15, -0.1) is 12.8 Å². The van der Waals surface area contributed by atoms with Crippen molar-refractivity contribution in [1.82, 2.24) is 0 Å². The van der Waals surface area contributed by atoms with Crippen molar-refractivity contribution in [2.75, 3.05) is 6.26 Å². The standard InChI is InChI=1S/C20H24O3.C2H6.C2H2.CH4S/c1-19-8-7-14(22)9-12(19)3-5-15-16-6-4-13(11-21)20(16,2)10-17(23)18(15)19;3*1-2/h4,7-9,11,15-18,23H,3,5-6,10H2,1-2H3;1-2H3;1-2H;2H,1H3/t15?,16?,17-,18?,19-,20+;;;/m0.../s1. The molecule has 4 heteroatoms. The van der Waals surface area contributed by atoms with Gasteiger partial charge in [0.05, 0.1) is 6.10 Å². The van der Waals surface area contributed by atoms with Crippen molar-refractivity contribution >= 4 is 24.7 Å². The predicted molar refractivity (Wildman–Crippen MR) is 124 cm³/mol. The second-order valence-electron chi connectivity index (χ2n) is 8.22. The van der Waals surface area contributed by atoms with Crippen LogP contribution < -0.4 is 0 Å². The van der Waals surface area contributed by atoms with Crippen LogP contribution in [-0.4, -0.2) is 29.5 Å². The molecule has 0 amide bonds. The number of aliphatic hydroxyl groups excluding tert-OH is 1. The molecule has 160 valence electrons. The van der Waals surface area contributed by atoms with Gasteiger partial charge in [0, 0.05) is 16.7 Å². The van der Waals surface area contributed by atoms with Gasteiger partial charge in [-0.3, -0.25) is 9.59 Å². The topological polar surface area (TPSA) is 54.4 Å². The van der Waals surface area contributed by atoms with Gasteiger partial charge >= 0.3 is 0 Å². The van der Waals surface area contributed by atoms with E-state index < -0.39 is 6.10 Å². The smallest absolute Gasteiger partial charge is 0.178 e. The number of aliphatic hydroxyl groups is 1. The SMILES string of the molecule is C#C.CC.CS.C[C@]12C=CC(=O)C=C1CCC1C2[C@@H](O)C[C@]2(C)C(C=O)=CCC12. The van der Waals surface area contributed by atoms with Crippen molar-refractivity contribution in [1.29, 1.82) is 0 Å². The molecule has 2 saturated carbocycles. The van der Waals surface area contributed by atoms with E-state index in [9.17, 15) is 14.7 Å². The molecular formula is C25H36O3S. The Hall–Kier alpha value is -1.57. The lowest BCUT2D eigenvalue weighted by Gasteiger charge is -2.58. The van der Waals surface area contributed by atoms with Crippen LogP contribution in [0.25, 0.3) is 0 Å². The Morgan fingerprint density at radius 3 is 2.45 bits per heavy atom. The molecule has 3 nitrogen and oxygen atoms in total. The minimum Gasteiger partial charge on any atom is -0.393 e. The maximum absolute atomic E-state index is 11.7. The summed E-state index contributed by atoms with van der Waals surface area (Å²) in [6, 6.07) is 0. The molecule has 0 aliphatic heterocycles. The molecule has 0 saturated heterocycles. The number of ketones is 1. The van der Waals surface area contributed by atoms with E-state index in [0.717, 1.165) is 31.1 Å². The Morgan fingerprint density at radius 1 is 1.24 bits per heavy atom. The fourth-order valence-corrected chi connectivity index (χ4v) is 6.11.